The predicted molar refractivity (Wildman–Crippen MR) is 114 cm³/mol. The topological polar surface area (TPSA) is 84.9 Å². The number of esters is 1. The molecule has 1 atom stereocenters. The molecule has 2 aliphatic rings. The fourth-order valence-corrected chi connectivity index (χ4v) is 4.39. The average Bonchev–Trinajstić information content (AvgIpc) is 2.66. The first-order valence-electron chi connectivity index (χ1n) is 9.68. The van der Waals surface area contributed by atoms with Crippen LogP contribution in [-0.2, 0) is 14.3 Å². The Hall–Kier alpha value is -2.73. The van der Waals surface area contributed by atoms with E-state index in [9.17, 15) is 14.7 Å². The zero-order valence-corrected chi connectivity index (χ0v) is 18.4. The van der Waals surface area contributed by atoms with Crippen molar-refractivity contribution in [3.05, 3.63) is 57.9 Å². The largest absolute Gasteiger partial charge is 0.503 e. The van der Waals surface area contributed by atoms with Gasteiger partial charge in [0.1, 0.15) is 6.61 Å². The number of ether oxygens (including phenoxy) is 2. The Morgan fingerprint density at radius 2 is 2.10 bits per heavy atom. The van der Waals surface area contributed by atoms with Crippen LogP contribution in [0.25, 0.3) is 0 Å². The summed E-state index contributed by atoms with van der Waals surface area (Å²) in [5.41, 5.74) is 2.63. The van der Waals surface area contributed by atoms with Crippen LogP contribution in [-0.4, -0.2) is 30.6 Å². The van der Waals surface area contributed by atoms with Gasteiger partial charge in [0.25, 0.3) is 0 Å². The first-order valence-corrected chi connectivity index (χ1v) is 10.1. The lowest BCUT2D eigenvalue weighted by Gasteiger charge is -2.39. The normalized spacial score (nSPS) is 20.4. The van der Waals surface area contributed by atoms with Crippen molar-refractivity contribution in [1.82, 2.24) is 5.32 Å². The van der Waals surface area contributed by atoms with E-state index >= 15 is 0 Å². The molecule has 160 valence electrons. The van der Waals surface area contributed by atoms with Gasteiger partial charge >= 0.3 is 5.97 Å². The van der Waals surface area contributed by atoms with Crippen LogP contribution in [0.5, 0.6) is 11.5 Å². The number of ketones is 1. The second-order valence-electron chi connectivity index (χ2n) is 8.37. The van der Waals surface area contributed by atoms with Crippen molar-refractivity contribution in [1.29, 1.82) is 0 Å². The van der Waals surface area contributed by atoms with Crippen LogP contribution in [0.15, 0.2) is 47.3 Å². The van der Waals surface area contributed by atoms with Crippen LogP contribution < -0.4 is 10.1 Å². The molecule has 1 aromatic rings. The van der Waals surface area contributed by atoms with Crippen LogP contribution in [0.2, 0.25) is 5.02 Å². The number of dihydropyridines is 1. The molecule has 0 saturated carbocycles. The molecule has 1 heterocycles. The summed E-state index contributed by atoms with van der Waals surface area (Å²) in [5.74, 6) is -1.30. The molecule has 30 heavy (non-hydrogen) atoms. The number of hydrogen-bond acceptors (Lipinski definition) is 6. The van der Waals surface area contributed by atoms with Crippen LogP contribution in [0.3, 0.4) is 0 Å². The van der Waals surface area contributed by atoms with Crippen molar-refractivity contribution in [3.63, 3.8) is 0 Å². The molecular formula is C23H26ClNO5. The molecule has 3 rings (SSSR count). The third-order valence-electron chi connectivity index (χ3n) is 5.40. The molecule has 0 spiro atoms. The third kappa shape index (κ3) is 3.97. The summed E-state index contributed by atoms with van der Waals surface area (Å²) < 4.78 is 10.6. The number of hydrogen-bond donors (Lipinski definition) is 2. The molecule has 1 aliphatic carbocycles. The minimum atomic E-state index is -0.686. The third-order valence-corrected chi connectivity index (χ3v) is 5.68. The zero-order valence-electron chi connectivity index (χ0n) is 17.6. The maximum Gasteiger partial charge on any atom is 0.337 e. The number of benzene rings is 1. The smallest absolute Gasteiger partial charge is 0.337 e. The number of carbonyl (C=O) groups excluding carboxylic acids is 2. The highest BCUT2D eigenvalue weighted by Crippen LogP contribution is 2.48. The van der Waals surface area contributed by atoms with Crippen molar-refractivity contribution in [2.45, 2.75) is 39.5 Å². The number of Topliss-reactive ketones (excluding diaryl/α,β-unsaturated/α-hetero) is 1. The SMILES string of the molecule is C=CCOC(=O)C1=C(C)NC2=C(C(=O)CC(C)(C)C2)C1c1cc(Cl)c(O)c(OC)c1. The number of carbonyl (C=O) groups is 2. The zero-order chi connectivity index (χ0) is 22.2. The van der Waals surface area contributed by atoms with Gasteiger partial charge in [-0.05, 0) is 36.5 Å². The molecule has 0 bridgehead atoms. The van der Waals surface area contributed by atoms with Crippen molar-refractivity contribution in [2.75, 3.05) is 13.7 Å². The quantitative estimate of drug-likeness (QED) is 0.531. The van der Waals surface area contributed by atoms with E-state index in [-0.39, 0.29) is 34.3 Å². The highest BCUT2D eigenvalue weighted by Gasteiger charge is 2.43. The minimum absolute atomic E-state index is 0.0385. The number of allylic oxidation sites excluding steroid dienone is 3. The lowest BCUT2D eigenvalue weighted by molar-refractivity contribution is -0.138. The molecular weight excluding hydrogens is 406 g/mol. The van der Waals surface area contributed by atoms with Crippen molar-refractivity contribution in [3.8, 4) is 11.5 Å². The maximum absolute atomic E-state index is 13.2. The molecule has 1 aliphatic heterocycles. The number of nitrogens with one attached hydrogen (secondary N) is 1. The second-order valence-corrected chi connectivity index (χ2v) is 8.78. The Kier molecular flexibility index (Phi) is 5.99. The molecule has 1 aromatic carbocycles. The standard InChI is InChI=1S/C23H26ClNO5/c1-6-7-30-22(28)18-12(2)25-15-10-23(3,4)11-16(26)20(15)19(18)13-8-14(24)21(27)17(9-13)29-5/h6,8-9,19,25,27H,1,7,10-11H2,2-5H3. The lowest BCUT2D eigenvalue weighted by atomic mass is 9.68. The van der Waals surface area contributed by atoms with Gasteiger partial charge in [-0.2, -0.15) is 0 Å². The molecule has 0 fully saturated rings. The predicted octanol–water partition coefficient (Wildman–Crippen LogP) is 4.39. The van der Waals surface area contributed by atoms with E-state index in [0.29, 0.717) is 35.2 Å². The number of rotatable bonds is 5. The number of phenolic OH excluding ortho intramolecular Hbond substituents is 1. The van der Waals surface area contributed by atoms with Gasteiger partial charge in [-0.1, -0.05) is 38.1 Å². The summed E-state index contributed by atoms with van der Waals surface area (Å²) in [6.45, 7) is 9.49. The first kappa shape index (κ1) is 22.0. The monoisotopic (exact) mass is 431 g/mol. The van der Waals surface area contributed by atoms with Crippen molar-refractivity contribution < 1.29 is 24.2 Å². The molecule has 7 heteroatoms. The maximum atomic E-state index is 13.2. The summed E-state index contributed by atoms with van der Waals surface area (Å²) in [4.78, 5) is 26.2. The van der Waals surface area contributed by atoms with E-state index in [4.69, 9.17) is 21.1 Å². The second kappa shape index (κ2) is 8.19. The Labute approximate surface area is 181 Å². The summed E-state index contributed by atoms with van der Waals surface area (Å²) in [6.07, 6.45) is 2.51. The van der Waals surface area contributed by atoms with E-state index in [1.54, 1.807) is 19.1 Å². The number of halogens is 1. The molecule has 0 aromatic heterocycles. The van der Waals surface area contributed by atoms with Crippen LogP contribution in [0, 0.1) is 5.41 Å². The summed E-state index contributed by atoms with van der Waals surface area (Å²) in [6, 6.07) is 3.16. The summed E-state index contributed by atoms with van der Waals surface area (Å²) in [7, 11) is 1.41. The van der Waals surface area contributed by atoms with Gasteiger partial charge in [0.15, 0.2) is 17.3 Å². The highest BCUT2D eigenvalue weighted by molar-refractivity contribution is 6.32. The van der Waals surface area contributed by atoms with Gasteiger partial charge in [-0.15, -0.1) is 0 Å². The van der Waals surface area contributed by atoms with Gasteiger partial charge in [-0.25, -0.2) is 4.79 Å². The highest BCUT2D eigenvalue weighted by atomic mass is 35.5. The number of aromatic hydroxyl groups is 1. The fraction of sp³-hybridized carbons (Fsp3) is 0.391. The van der Waals surface area contributed by atoms with Gasteiger partial charge in [0, 0.05) is 29.3 Å². The molecule has 0 amide bonds. The van der Waals surface area contributed by atoms with Crippen LogP contribution in [0.4, 0.5) is 0 Å². The van der Waals surface area contributed by atoms with Crippen molar-refractivity contribution in [2.24, 2.45) is 5.41 Å². The lowest BCUT2D eigenvalue weighted by Crippen LogP contribution is -2.38. The van der Waals surface area contributed by atoms with E-state index in [1.165, 1.54) is 13.2 Å². The van der Waals surface area contributed by atoms with Crippen LogP contribution >= 0.6 is 11.6 Å². The van der Waals surface area contributed by atoms with Crippen molar-refractivity contribution >= 4 is 23.4 Å². The van der Waals surface area contributed by atoms with Crippen LogP contribution in [0.1, 0.15) is 45.1 Å². The fourth-order valence-electron chi connectivity index (χ4n) is 4.17. The van der Waals surface area contributed by atoms with E-state index < -0.39 is 11.9 Å². The van der Waals surface area contributed by atoms with Gasteiger partial charge < -0.3 is 19.9 Å². The first-order chi connectivity index (χ1) is 14.1. The Morgan fingerprint density at radius 3 is 2.73 bits per heavy atom. The Bertz CT molecular complexity index is 990. The van der Waals surface area contributed by atoms with Gasteiger partial charge in [0.05, 0.1) is 17.7 Å². The Balaban J connectivity index is 2.23. The molecule has 0 radical (unpaired) electrons. The molecule has 0 saturated heterocycles. The number of phenols is 1. The van der Waals surface area contributed by atoms with E-state index in [1.807, 2.05) is 13.8 Å². The molecule has 1 unspecified atom stereocenters. The summed E-state index contributed by atoms with van der Waals surface area (Å²) >= 11 is 6.23. The van der Waals surface area contributed by atoms with Gasteiger partial charge in [-0.3, -0.25) is 4.79 Å². The number of methoxy groups -OCH3 is 1. The average molecular weight is 432 g/mol. The van der Waals surface area contributed by atoms with Gasteiger partial charge in [0.2, 0.25) is 0 Å². The van der Waals surface area contributed by atoms with E-state index in [0.717, 1.165) is 5.70 Å². The summed E-state index contributed by atoms with van der Waals surface area (Å²) in [5, 5.41) is 13.5. The Morgan fingerprint density at radius 1 is 1.40 bits per heavy atom. The molecule has 2 N–H and O–H groups in total. The molecule has 6 nitrogen and oxygen atoms in total. The van der Waals surface area contributed by atoms with E-state index in [2.05, 4.69) is 11.9 Å². The minimum Gasteiger partial charge on any atom is -0.503 e.